The fourth-order valence-electron chi connectivity index (χ4n) is 2.07. The zero-order valence-electron chi connectivity index (χ0n) is 13.6. The Morgan fingerprint density at radius 3 is 2.67 bits per heavy atom. The Balaban J connectivity index is 1.88. The summed E-state index contributed by atoms with van der Waals surface area (Å²) in [5.41, 5.74) is 0.300. The Morgan fingerprint density at radius 2 is 2.07 bits per heavy atom. The lowest BCUT2D eigenvalue weighted by Gasteiger charge is -2.01. The number of aromatic nitrogens is 2. The van der Waals surface area contributed by atoms with E-state index in [0.29, 0.717) is 17.2 Å². The van der Waals surface area contributed by atoms with E-state index in [9.17, 15) is 20.0 Å². The summed E-state index contributed by atoms with van der Waals surface area (Å²) in [6, 6.07) is 7.11. The normalized spacial score (nSPS) is 11.6. The first-order valence-corrected chi connectivity index (χ1v) is 8.50. The second-order valence-corrected chi connectivity index (χ2v) is 6.53. The SMILES string of the molecule is Cc1nnc(S/C(=C/c2ccc(-c3ccc([N+](=O)[O-])cc3Cl)o2)C(=O)O)o1. The van der Waals surface area contributed by atoms with Crippen LogP contribution in [0.1, 0.15) is 11.7 Å². The molecule has 11 heteroatoms. The quantitative estimate of drug-likeness (QED) is 0.273. The molecular weight excluding hydrogens is 398 g/mol. The number of aryl methyl sites for hydroxylation is 1. The van der Waals surface area contributed by atoms with Crippen molar-refractivity contribution in [1.82, 2.24) is 10.2 Å². The standard InChI is InChI=1S/C16H10ClN3O6S/c1-8-18-19-16(25-8)27-14(15(21)22)7-10-3-5-13(26-10)11-4-2-9(20(23)24)6-12(11)17/h2-7H,1H3,(H,21,22)/b14-7+. The molecule has 138 valence electrons. The highest BCUT2D eigenvalue weighted by Gasteiger charge is 2.17. The molecule has 2 aromatic heterocycles. The number of carbonyl (C=O) groups is 1. The average Bonchev–Trinajstić information content (AvgIpc) is 3.23. The molecular formula is C16H10ClN3O6S. The van der Waals surface area contributed by atoms with Crippen LogP contribution in [0.15, 0.2) is 49.3 Å². The van der Waals surface area contributed by atoms with Crippen molar-refractivity contribution >= 4 is 41.1 Å². The van der Waals surface area contributed by atoms with Crippen molar-refractivity contribution in [1.29, 1.82) is 0 Å². The molecule has 0 aliphatic heterocycles. The van der Waals surface area contributed by atoms with Crippen LogP contribution in [0.5, 0.6) is 0 Å². The number of nitro benzene ring substituents is 1. The second-order valence-electron chi connectivity index (χ2n) is 5.13. The number of aliphatic carboxylic acids is 1. The number of nitrogens with zero attached hydrogens (tertiary/aromatic N) is 3. The van der Waals surface area contributed by atoms with E-state index in [-0.39, 0.29) is 26.6 Å². The fourth-order valence-corrected chi connectivity index (χ4v) is 3.03. The van der Waals surface area contributed by atoms with Crippen LogP contribution in [0.25, 0.3) is 17.4 Å². The Morgan fingerprint density at radius 1 is 1.30 bits per heavy atom. The fraction of sp³-hybridized carbons (Fsp3) is 0.0625. The number of benzene rings is 1. The van der Waals surface area contributed by atoms with Gasteiger partial charge in [-0.25, -0.2) is 4.79 Å². The zero-order chi connectivity index (χ0) is 19.6. The van der Waals surface area contributed by atoms with Crippen molar-refractivity contribution in [3.05, 3.63) is 62.0 Å². The minimum Gasteiger partial charge on any atom is -0.477 e. The highest BCUT2D eigenvalue weighted by atomic mass is 35.5. The predicted molar refractivity (Wildman–Crippen MR) is 96.3 cm³/mol. The van der Waals surface area contributed by atoms with Crippen molar-refractivity contribution in [2.75, 3.05) is 0 Å². The summed E-state index contributed by atoms with van der Waals surface area (Å²) in [5.74, 6) is -0.289. The molecule has 1 aromatic carbocycles. The molecule has 0 atom stereocenters. The largest absolute Gasteiger partial charge is 0.477 e. The zero-order valence-corrected chi connectivity index (χ0v) is 15.2. The summed E-state index contributed by atoms with van der Waals surface area (Å²) in [6.45, 7) is 1.59. The molecule has 0 aliphatic carbocycles. The van der Waals surface area contributed by atoms with Gasteiger partial charge in [-0.15, -0.1) is 10.2 Å². The first-order chi connectivity index (χ1) is 12.8. The van der Waals surface area contributed by atoms with Gasteiger partial charge in [0.15, 0.2) is 0 Å². The molecule has 3 rings (SSSR count). The van der Waals surface area contributed by atoms with E-state index in [2.05, 4.69) is 10.2 Å². The van der Waals surface area contributed by atoms with Gasteiger partial charge >= 0.3 is 5.97 Å². The third kappa shape index (κ3) is 4.36. The van der Waals surface area contributed by atoms with Gasteiger partial charge in [0.05, 0.1) is 9.95 Å². The monoisotopic (exact) mass is 407 g/mol. The summed E-state index contributed by atoms with van der Waals surface area (Å²) in [5, 5.41) is 27.7. The lowest BCUT2D eigenvalue weighted by atomic mass is 10.1. The third-order valence-electron chi connectivity index (χ3n) is 3.24. The van der Waals surface area contributed by atoms with Gasteiger partial charge in [0.2, 0.25) is 5.89 Å². The molecule has 1 N–H and O–H groups in total. The highest BCUT2D eigenvalue weighted by molar-refractivity contribution is 8.03. The number of thioether (sulfide) groups is 1. The van der Waals surface area contributed by atoms with Crippen LogP contribution < -0.4 is 0 Å². The van der Waals surface area contributed by atoms with E-state index in [1.165, 1.54) is 24.3 Å². The van der Waals surface area contributed by atoms with E-state index < -0.39 is 10.9 Å². The van der Waals surface area contributed by atoms with E-state index >= 15 is 0 Å². The highest BCUT2D eigenvalue weighted by Crippen LogP contribution is 2.34. The van der Waals surface area contributed by atoms with Gasteiger partial charge in [0, 0.05) is 30.7 Å². The van der Waals surface area contributed by atoms with E-state index in [4.69, 9.17) is 20.4 Å². The molecule has 0 aliphatic rings. The number of furan rings is 1. The van der Waals surface area contributed by atoms with Gasteiger partial charge in [-0.1, -0.05) is 11.6 Å². The molecule has 3 aromatic rings. The summed E-state index contributed by atoms with van der Waals surface area (Å²) >= 11 is 6.86. The smallest absolute Gasteiger partial charge is 0.342 e. The van der Waals surface area contributed by atoms with Gasteiger partial charge in [-0.3, -0.25) is 10.1 Å². The summed E-state index contributed by atoms with van der Waals surface area (Å²) in [4.78, 5) is 21.6. The van der Waals surface area contributed by atoms with Crippen LogP contribution in [0.3, 0.4) is 0 Å². The lowest BCUT2D eigenvalue weighted by Crippen LogP contribution is -1.96. The number of carboxylic acid groups (broad SMARTS) is 1. The number of hydrogen-bond donors (Lipinski definition) is 1. The summed E-state index contributed by atoms with van der Waals surface area (Å²) in [6.07, 6.45) is 1.30. The number of carboxylic acids is 1. The van der Waals surface area contributed by atoms with Crippen LogP contribution in [-0.2, 0) is 4.79 Å². The minimum atomic E-state index is -1.19. The van der Waals surface area contributed by atoms with Crippen LogP contribution in [0.4, 0.5) is 5.69 Å². The Kier molecular flexibility index (Phi) is 5.28. The maximum absolute atomic E-state index is 11.4. The molecule has 0 radical (unpaired) electrons. The molecule has 27 heavy (non-hydrogen) atoms. The van der Waals surface area contributed by atoms with E-state index in [0.717, 1.165) is 11.8 Å². The summed E-state index contributed by atoms with van der Waals surface area (Å²) in [7, 11) is 0. The molecule has 9 nitrogen and oxygen atoms in total. The van der Waals surface area contributed by atoms with Gasteiger partial charge in [-0.05, 0) is 30.0 Å². The second kappa shape index (κ2) is 7.64. The number of halogens is 1. The maximum atomic E-state index is 11.4. The Labute approximate surface area is 160 Å². The van der Waals surface area contributed by atoms with E-state index in [1.54, 1.807) is 19.1 Å². The van der Waals surface area contributed by atoms with Crippen molar-refractivity contribution < 1.29 is 23.7 Å². The van der Waals surface area contributed by atoms with Crippen molar-refractivity contribution in [2.24, 2.45) is 0 Å². The number of nitro groups is 1. The van der Waals surface area contributed by atoms with Gasteiger partial charge in [0.25, 0.3) is 10.9 Å². The van der Waals surface area contributed by atoms with Gasteiger partial charge in [0.1, 0.15) is 16.4 Å². The molecule has 0 bridgehead atoms. The number of rotatable bonds is 6. The molecule has 2 heterocycles. The van der Waals surface area contributed by atoms with Gasteiger partial charge < -0.3 is 13.9 Å². The van der Waals surface area contributed by atoms with Crippen LogP contribution in [0.2, 0.25) is 5.02 Å². The van der Waals surface area contributed by atoms with Crippen molar-refractivity contribution in [3.63, 3.8) is 0 Å². The molecule has 0 unspecified atom stereocenters. The average molecular weight is 408 g/mol. The van der Waals surface area contributed by atoms with Crippen LogP contribution in [-0.4, -0.2) is 26.2 Å². The minimum absolute atomic E-state index is 0.0886. The molecule has 0 fully saturated rings. The number of non-ortho nitro benzene ring substituents is 1. The van der Waals surface area contributed by atoms with Crippen LogP contribution >= 0.6 is 23.4 Å². The molecule has 0 saturated heterocycles. The number of hydrogen-bond acceptors (Lipinski definition) is 8. The van der Waals surface area contributed by atoms with Crippen LogP contribution in [0, 0.1) is 17.0 Å². The molecule has 0 saturated carbocycles. The topological polar surface area (TPSA) is 132 Å². The Hall–Kier alpha value is -3.11. The first kappa shape index (κ1) is 18.7. The summed E-state index contributed by atoms with van der Waals surface area (Å²) < 4.78 is 10.8. The molecule has 0 amide bonds. The lowest BCUT2D eigenvalue weighted by molar-refractivity contribution is -0.384. The van der Waals surface area contributed by atoms with Crippen molar-refractivity contribution in [3.8, 4) is 11.3 Å². The maximum Gasteiger partial charge on any atom is 0.342 e. The first-order valence-electron chi connectivity index (χ1n) is 7.30. The predicted octanol–water partition coefficient (Wildman–Crippen LogP) is 4.42. The van der Waals surface area contributed by atoms with Gasteiger partial charge in [-0.2, -0.15) is 0 Å². The van der Waals surface area contributed by atoms with E-state index in [1.807, 2.05) is 0 Å². The third-order valence-corrected chi connectivity index (χ3v) is 4.41. The Bertz CT molecular complexity index is 1060. The molecule has 0 spiro atoms. The van der Waals surface area contributed by atoms with Crippen molar-refractivity contribution in [2.45, 2.75) is 12.1 Å².